The molecule has 0 aliphatic heterocycles. The summed E-state index contributed by atoms with van der Waals surface area (Å²) >= 11 is 5.97. The van der Waals surface area contributed by atoms with Crippen LogP contribution in [0.5, 0.6) is 0 Å². The van der Waals surface area contributed by atoms with Crippen LogP contribution in [0.25, 0.3) is 0 Å². The number of urea groups is 1. The van der Waals surface area contributed by atoms with E-state index in [1.54, 1.807) is 0 Å². The van der Waals surface area contributed by atoms with Gasteiger partial charge in [0.1, 0.15) is 5.82 Å². The lowest BCUT2D eigenvalue weighted by Gasteiger charge is -2.23. The molecule has 0 unspecified atom stereocenters. The molecule has 11 nitrogen and oxygen atoms in total. The summed E-state index contributed by atoms with van der Waals surface area (Å²) in [5, 5.41) is 26.7. The van der Waals surface area contributed by atoms with Crippen LogP contribution in [0.4, 0.5) is 31.9 Å². The lowest BCUT2D eigenvalue weighted by Crippen LogP contribution is -2.41. The lowest BCUT2D eigenvalue weighted by atomic mass is 10.2. The molecule has 0 atom stereocenters. The zero-order chi connectivity index (χ0) is 25.5. The third-order valence-corrected chi connectivity index (χ3v) is 5.05. The minimum absolute atomic E-state index is 0.0148. The van der Waals surface area contributed by atoms with Gasteiger partial charge in [0.25, 0.3) is 17.3 Å². The predicted molar refractivity (Wildman–Crippen MR) is 126 cm³/mol. The monoisotopic (exact) mass is 501 g/mol. The number of benzene rings is 3. The van der Waals surface area contributed by atoms with Crippen LogP contribution in [0.3, 0.4) is 0 Å². The largest absolute Gasteiger partial charge is 0.350 e. The quantitative estimate of drug-likeness (QED) is 0.335. The van der Waals surface area contributed by atoms with E-state index >= 15 is 0 Å². The van der Waals surface area contributed by atoms with Crippen LogP contribution in [0, 0.1) is 26.0 Å². The molecule has 3 aromatic rings. The van der Waals surface area contributed by atoms with Gasteiger partial charge < -0.3 is 10.6 Å². The Kier molecular flexibility index (Phi) is 7.89. The Hall–Kier alpha value is -4.58. The van der Waals surface area contributed by atoms with Crippen molar-refractivity contribution in [3.05, 3.63) is 103 Å². The van der Waals surface area contributed by atoms with Crippen LogP contribution in [0.2, 0.25) is 5.02 Å². The highest BCUT2D eigenvalue weighted by Gasteiger charge is 2.19. The first-order valence-corrected chi connectivity index (χ1v) is 10.3. The highest BCUT2D eigenvalue weighted by Crippen LogP contribution is 2.23. The summed E-state index contributed by atoms with van der Waals surface area (Å²) in [5.41, 5.74) is 0.215. The number of anilines is 2. The summed E-state index contributed by atoms with van der Waals surface area (Å²) in [6.45, 7) is -0.0853. The van der Waals surface area contributed by atoms with Gasteiger partial charge in [0, 0.05) is 48.7 Å². The number of nitrogens with one attached hydrogen (secondary N) is 2. The molecule has 0 aliphatic carbocycles. The van der Waals surface area contributed by atoms with Crippen molar-refractivity contribution in [3.8, 4) is 0 Å². The van der Waals surface area contributed by atoms with E-state index in [9.17, 15) is 34.2 Å². The van der Waals surface area contributed by atoms with Crippen molar-refractivity contribution >= 4 is 46.3 Å². The van der Waals surface area contributed by atoms with E-state index in [4.69, 9.17) is 11.6 Å². The molecule has 13 heteroatoms. The van der Waals surface area contributed by atoms with Crippen LogP contribution >= 0.6 is 11.6 Å². The Morgan fingerprint density at radius 3 is 2.09 bits per heavy atom. The molecule has 0 radical (unpaired) electrons. The molecule has 3 aromatic carbocycles. The third-order valence-electron chi connectivity index (χ3n) is 4.74. The first-order valence-electron chi connectivity index (χ1n) is 9.96. The topological polar surface area (TPSA) is 148 Å². The maximum Gasteiger partial charge on any atom is 0.326 e. The van der Waals surface area contributed by atoms with Crippen molar-refractivity contribution in [2.45, 2.75) is 0 Å². The predicted octanol–water partition coefficient (Wildman–Crippen LogP) is 4.76. The summed E-state index contributed by atoms with van der Waals surface area (Å²) in [6.07, 6.45) is 0. The maximum absolute atomic E-state index is 13.4. The van der Waals surface area contributed by atoms with Gasteiger partial charge in [-0.1, -0.05) is 11.6 Å². The second-order valence-corrected chi connectivity index (χ2v) is 7.45. The molecule has 0 saturated carbocycles. The Bertz CT molecular complexity index is 1270. The summed E-state index contributed by atoms with van der Waals surface area (Å²) in [4.78, 5) is 47.0. The van der Waals surface area contributed by atoms with E-state index < -0.39 is 27.6 Å². The number of amides is 3. The maximum atomic E-state index is 13.4. The minimum Gasteiger partial charge on any atom is -0.350 e. The Morgan fingerprint density at radius 1 is 0.914 bits per heavy atom. The summed E-state index contributed by atoms with van der Waals surface area (Å²) in [5.74, 6) is -1.12. The van der Waals surface area contributed by atoms with E-state index in [0.29, 0.717) is 5.69 Å². The lowest BCUT2D eigenvalue weighted by molar-refractivity contribution is -0.385. The first kappa shape index (κ1) is 25.1. The second kappa shape index (κ2) is 11.0. The third kappa shape index (κ3) is 6.48. The highest BCUT2D eigenvalue weighted by atomic mass is 35.5. The number of carbonyl (C=O) groups excluding carboxylic acids is 2. The molecule has 0 bridgehead atoms. The number of nitrogens with zero attached hydrogens (tertiary/aromatic N) is 3. The van der Waals surface area contributed by atoms with Gasteiger partial charge in [0.05, 0.1) is 20.4 Å². The number of rotatable bonds is 8. The van der Waals surface area contributed by atoms with Crippen molar-refractivity contribution in [2.24, 2.45) is 0 Å². The van der Waals surface area contributed by atoms with E-state index in [-0.39, 0.29) is 40.7 Å². The molecule has 35 heavy (non-hydrogen) atoms. The molecule has 0 aromatic heterocycles. The molecule has 0 heterocycles. The number of non-ortho nitro benzene ring substituents is 2. The van der Waals surface area contributed by atoms with Crippen molar-refractivity contribution in [3.63, 3.8) is 0 Å². The number of carbonyl (C=O) groups is 2. The van der Waals surface area contributed by atoms with Gasteiger partial charge in [0.2, 0.25) is 0 Å². The van der Waals surface area contributed by atoms with Crippen molar-refractivity contribution in [1.29, 1.82) is 0 Å². The zero-order valence-corrected chi connectivity index (χ0v) is 18.6. The van der Waals surface area contributed by atoms with Crippen LogP contribution < -0.4 is 15.5 Å². The van der Waals surface area contributed by atoms with Gasteiger partial charge in [-0.25, -0.2) is 9.18 Å². The number of hydrogen-bond acceptors (Lipinski definition) is 6. The number of hydrogen-bond donors (Lipinski definition) is 2. The Labute approximate surface area is 202 Å². The molecule has 0 saturated heterocycles. The van der Waals surface area contributed by atoms with Crippen molar-refractivity contribution in [1.82, 2.24) is 5.32 Å². The van der Waals surface area contributed by atoms with Gasteiger partial charge in [0.15, 0.2) is 0 Å². The van der Waals surface area contributed by atoms with Crippen LogP contribution in [-0.2, 0) is 0 Å². The molecule has 0 aliphatic rings. The van der Waals surface area contributed by atoms with Gasteiger partial charge in [-0.2, -0.15) is 0 Å². The highest BCUT2D eigenvalue weighted by molar-refractivity contribution is 6.34. The average molecular weight is 502 g/mol. The van der Waals surface area contributed by atoms with Gasteiger partial charge in [-0.05, 0) is 42.5 Å². The second-order valence-electron chi connectivity index (χ2n) is 7.04. The van der Waals surface area contributed by atoms with Crippen LogP contribution in [0.15, 0.2) is 66.7 Å². The Morgan fingerprint density at radius 2 is 1.51 bits per heavy atom. The smallest absolute Gasteiger partial charge is 0.326 e. The van der Waals surface area contributed by atoms with Gasteiger partial charge in [-0.15, -0.1) is 0 Å². The van der Waals surface area contributed by atoms with Crippen molar-refractivity contribution in [2.75, 3.05) is 23.3 Å². The molecular formula is C22H17ClFN5O6. The average Bonchev–Trinajstić information content (AvgIpc) is 2.82. The molecule has 180 valence electrons. The van der Waals surface area contributed by atoms with Gasteiger partial charge in [-0.3, -0.25) is 29.9 Å². The fourth-order valence-corrected chi connectivity index (χ4v) is 3.27. The molecule has 0 spiro atoms. The molecule has 2 N–H and O–H groups in total. The number of halogens is 2. The molecular weight excluding hydrogens is 485 g/mol. The van der Waals surface area contributed by atoms with Crippen LogP contribution in [0.1, 0.15) is 10.4 Å². The van der Waals surface area contributed by atoms with Crippen molar-refractivity contribution < 1.29 is 23.8 Å². The normalized spacial score (nSPS) is 10.3. The summed E-state index contributed by atoms with van der Waals surface area (Å²) < 4.78 is 13.4. The van der Waals surface area contributed by atoms with E-state index in [2.05, 4.69) is 10.6 Å². The number of nitro groups is 2. The Balaban J connectivity index is 1.71. The van der Waals surface area contributed by atoms with Crippen LogP contribution in [-0.4, -0.2) is 34.9 Å². The summed E-state index contributed by atoms with van der Waals surface area (Å²) in [7, 11) is 0. The molecule has 3 amide bonds. The van der Waals surface area contributed by atoms with E-state index in [1.165, 1.54) is 47.4 Å². The van der Waals surface area contributed by atoms with E-state index in [1.807, 2.05) is 0 Å². The number of nitro benzene ring substituents is 2. The fourth-order valence-electron chi connectivity index (χ4n) is 3.00. The first-order chi connectivity index (χ1) is 16.7. The fraction of sp³-hybridized carbons (Fsp3) is 0.0909. The minimum atomic E-state index is -0.641. The zero-order valence-electron chi connectivity index (χ0n) is 17.8. The SMILES string of the molecule is O=C(NCCN(C(=O)Nc1ccc([N+](=O)[O-])cc1)c1ccc(F)cc1)c1ccc([N+](=O)[O-])cc1Cl. The van der Waals surface area contributed by atoms with Gasteiger partial charge >= 0.3 is 6.03 Å². The standard InChI is InChI=1S/C22H17ClFN5O6/c23-20-13-18(29(34)35)9-10-19(20)21(30)25-11-12-27(16-5-1-14(24)2-6-16)22(31)26-15-3-7-17(8-4-15)28(32)33/h1-10,13H,11-12H2,(H,25,30)(H,26,31). The molecule has 0 fully saturated rings. The summed E-state index contributed by atoms with van der Waals surface area (Å²) in [6, 6.07) is 13.0. The molecule has 3 rings (SSSR count). The van der Waals surface area contributed by atoms with E-state index in [0.717, 1.165) is 24.3 Å².